The Kier molecular flexibility index (Phi) is 4.66. The van der Waals surface area contributed by atoms with Crippen molar-refractivity contribution in [1.29, 1.82) is 0 Å². The van der Waals surface area contributed by atoms with Crippen LogP contribution in [0.5, 0.6) is 0 Å². The molecule has 0 bridgehead atoms. The van der Waals surface area contributed by atoms with E-state index in [0.29, 0.717) is 6.04 Å². The molecule has 2 fully saturated rings. The second-order valence-electron chi connectivity index (χ2n) is 5.82. The van der Waals surface area contributed by atoms with Gasteiger partial charge in [-0.15, -0.1) is 0 Å². The molecule has 0 aromatic rings. The van der Waals surface area contributed by atoms with Crippen molar-refractivity contribution in [3.63, 3.8) is 0 Å². The van der Waals surface area contributed by atoms with Crippen LogP contribution in [0, 0.1) is 5.92 Å². The first-order valence-electron chi connectivity index (χ1n) is 7.25. The molecule has 1 aliphatic carbocycles. The molecule has 2 heteroatoms. The molecule has 1 aliphatic heterocycles. The molecule has 2 aliphatic rings. The zero-order valence-corrected chi connectivity index (χ0v) is 11.0. The molecule has 2 rings (SSSR count). The van der Waals surface area contributed by atoms with E-state index < -0.39 is 0 Å². The zero-order valence-electron chi connectivity index (χ0n) is 11.0. The van der Waals surface area contributed by atoms with E-state index in [2.05, 4.69) is 24.1 Å². The summed E-state index contributed by atoms with van der Waals surface area (Å²) in [7, 11) is 0. The highest BCUT2D eigenvalue weighted by Gasteiger charge is 2.26. The van der Waals surface area contributed by atoms with Gasteiger partial charge < -0.3 is 5.32 Å². The van der Waals surface area contributed by atoms with E-state index in [1.54, 1.807) is 0 Å². The largest absolute Gasteiger partial charge is 0.313 e. The zero-order chi connectivity index (χ0) is 11.4. The van der Waals surface area contributed by atoms with Crippen molar-refractivity contribution < 1.29 is 0 Å². The highest BCUT2D eigenvalue weighted by molar-refractivity contribution is 4.81. The molecule has 1 heterocycles. The van der Waals surface area contributed by atoms with Crippen LogP contribution in [0.3, 0.4) is 0 Å². The van der Waals surface area contributed by atoms with Crippen LogP contribution in [0.4, 0.5) is 0 Å². The summed E-state index contributed by atoms with van der Waals surface area (Å²) in [5.74, 6) is 0.974. The molecule has 0 amide bonds. The van der Waals surface area contributed by atoms with Crippen molar-refractivity contribution in [3.8, 4) is 0 Å². The van der Waals surface area contributed by atoms with Crippen molar-refractivity contribution >= 4 is 0 Å². The Morgan fingerprint density at radius 2 is 1.81 bits per heavy atom. The third-order valence-corrected chi connectivity index (χ3v) is 4.65. The van der Waals surface area contributed by atoms with E-state index in [1.807, 2.05) is 0 Å². The maximum Gasteiger partial charge on any atom is 0.0110 e. The number of hydrogen-bond donors (Lipinski definition) is 1. The van der Waals surface area contributed by atoms with Crippen LogP contribution < -0.4 is 5.32 Å². The maximum atomic E-state index is 3.59. The molecule has 2 unspecified atom stereocenters. The number of hydrogen-bond acceptors (Lipinski definition) is 2. The van der Waals surface area contributed by atoms with Gasteiger partial charge in [-0.05, 0) is 45.6 Å². The van der Waals surface area contributed by atoms with E-state index in [-0.39, 0.29) is 0 Å². The lowest BCUT2D eigenvalue weighted by molar-refractivity contribution is 0.136. The van der Waals surface area contributed by atoms with E-state index >= 15 is 0 Å². The van der Waals surface area contributed by atoms with Crippen LogP contribution >= 0.6 is 0 Å². The van der Waals surface area contributed by atoms with Crippen molar-refractivity contribution in [1.82, 2.24) is 10.2 Å². The molecule has 94 valence electrons. The van der Waals surface area contributed by atoms with Crippen LogP contribution in [-0.4, -0.2) is 36.6 Å². The van der Waals surface area contributed by atoms with Crippen LogP contribution in [-0.2, 0) is 0 Å². The van der Waals surface area contributed by atoms with Crippen molar-refractivity contribution in [3.05, 3.63) is 0 Å². The quantitative estimate of drug-likeness (QED) is 0.776. The third-order valence-electron chi connectivity index (χ3n) is 4.65. The normalized spacial score (nSPS) is 32.2. The fourth-order valence-corrected chi connectivity index (χ4v) is 3.35. The highest BCUT2D eigenvalue weighted by atomic mass is 15.2. The first-order valence-corrected chi connectivity index (χ1v) is 7.25. The van der Waals surface area contributed by atoms with Crippen molar-refractivity contribution in [2.75, 3.05) is 19.6 Å². The summed E-state index contributed by atoms with van der Waals surface area (Å²) in [5, 5.41) is 3.59. The van der Waals surface area contributed by atoms with Crippen LogP contribution in [0.15, 0.2) is 0 Å². The molecule has 2 nitrogen and oxygen atoms in total. The van der Waals surface area contributed by atoms with Gasteiger partial charge in [-0.2, -0.15) is 0 Å². The Balaban J connectivity index is 1.84. The minimum Gasteiger partial charge on any atom is -0.313 e. The molecule has 0 spiro atoms. The lowest BCUT2D eigenvalue weighted by Gasteiger charge is -2.36. The summed E-state index contributed by atoms with van der Waals surface area (Å²) in [6.45, 7) is 8.51. The molecule has 0 radical (unpaired) electrons. The summed E-state index contributed by atoms with van der Waals surface area (Å²) >= 11 is 0. The number of nitrogens with one attached hydrogen (secondary N) is 1. The number of nitrogens with zero attached hydrogens (tertiary/aromatic N) is 1. The van der Waals surface area contributed by atoms with Gasteiger partial charge in [-0.1, -0.05) is 19.3 Å². The molecular weight excluding hydrogens is 196 g/mol. The van der Waals surface area contributed by atoms with Gasteiger partial charge in [0.05, 0.1) is 0 Å². The molecule has 2 atom stereocenters. The highest BCUT2D eigenvalue weighted by Crippen LogP contribution is 2.29. The Hall–Kier alpha value is -0.0800. The Labute approximate surface area is 101 Å². The predicted molar refractivity (Wildman–Crippen MR) is 69.7 cm³/mol. The Bertz CT molecular complexity index is 199. The van der Waals surface area contributed by atoms with Crippen molar-refractivity contribution in [2.24, 2.45) is 5.92 Å². The lowest BCUT2D eigenvalue weighted by atomic mass is 9.84. The molecule has 0 aromatic carbocycles. The fourth-order valence-electron chi connectivity index (χ4n) is 3.35. The van der Waals surface area contributed by atoms with Gasteiger partial charge in [0.2, 0.25) is 0 Å². The second-order valence-corrected chi connectivity index (χ2v) is 5.82. The summed E-state index contributed by atoms with van der Waals surface area (Å²) in [6.07, 6.45) is 8.68. The van der Waals surface area contributed by atoms with E-state index in [9.17, 15) is 0 Å². The SMILES string of the molecule is CC1CCN(C(C)C2CCCCC2)CCN1. The van der Waals surface area contributed by atoms with Gasteiger partial charge in [-0.25, -0.2) is 0 Å². The number of rotatable bonds is 2. The molecule has 1 saturated heterocycles. The van der Waals surface area contributed by atoms with Gasteiger partial charge in [0.15, 0.2) is 0 Å². The van der Waals surface area contributed by atoms with E-state index in [4.69, 9.17) is 0 Å². The van der Waals surface area contributed by atoms with E-state index in [1.165, 1.54) is 58.2 Å². The monoisotopic (exact) mass is 224 g/mol. The first-order chi connectivity index (χ1) is 7.77. The minimum atomic E-state index is 0.712. The summed E-state index contributed by atoms with van der Waals surface area (Å²) in [4.78, 5) is 2.73. The maximum absolute atomic E-state index is 3.59. The lowest BCUT2D eigenvalue weighted by Crippen LogP contribution is -2.41. The van der Waals surface area contributed by atoms with Gasteiger partial charge in [-0.3, -0.25) is 4.90 Å². The van der Waals surface area contributed by atoms with Gasteiger partial charge in [0, 0.05) is 25.2 Å². The smallest absolute Gasteiger partial charge is 0.0110 e. The molecular formula is C14H28N2. The Morgan fingerprint density at radius 3 is 2.56 bits per heavy atom. The predicted octanol–water partition coefficient (Wildman–Crippen LogP) is 2.64. The van der Waals surface area contributed by atoms with Crippen LogP contribution in [0.1, 0.15) is 52.4 Å². The fraction of sp³-hybridized carbons (Fsp3) is 1.00. The molecule has 0 aromatic heterocycles. The van der Waals surface area contributed by atoms with Crippen LogP contribution in [0.2, 0.25) is 0 Å². The summed E-state index contributed by atoms with van der Waals surface area (Å²) in [6, 6.07) is 1.52. The van der Waals surface area contributed by atoms with Crippen LogP contribution in [0.25, 0.3) is 0 Å². The molecule has 1 saturated carbocycles. The second kappa shape index (κ2) is 6.02. The average molecular weight is 224 g/mol. The minimum absolute atomic E-state index is 0.712. The van der Waals surface area contributed by atoms with Gasteiger partial charge in [0.1, 0.15) is 0 Å². The third kappa shape index (κ3) is 3.21. The Morgan fingerprint density at radius 1 is 1.06 bits per heavy atom. The van der Waals surface area contributed by atoms with E-state index in [0.717, 1.165) is 12.0 Å². The molecule has 16 heavy (non-hydrogen) atoms. The first kappa shape index (κ1) is 12.4. The van der Waals surface area contributed by atoms with Gasteiger partial charge in [0.25, 0.3) is 0 Å². The standard InChI is InChI=1S/C14H28N2/c1-12-8-10-16(11-9-15-12)13(2)14-6-4-3-5-7-14/h12-15H,3-11H2,1-2H3. The van der Waals surface area contributed by atoms with Gasteiger partial charge >= 0.3 is 0 Å². The topological polar surface area (TPSA) is 15.3 Å². The summed E-state index contributed by atoms with van der Waals surface area (Å²) in [5.41, 5.74) is 0. The summed E-state index contributed by atoms with van der Waals surface area (Å²) < 4.78 is 0. The average Bonchev–Trinajstić information content (AvgIpc) is 2.54. The van der Waals surface area contributed by atoms with Crippen molar-refractivity contribution in [2.45, 2.75) is 64.5 Å². The molecule has 1 N–H and O–H groups in total.